The number of ether oxygens (including phenoxy) is 1. The van der Waals surface area contributed by atoms with Crippen LogP contribution in [-0.4, -0.2) is 38.3 Å². The van der Waals surface area contributed by atoms with Gasteiger partial charge in [0.15, 0.2) is 0 Å². The standard InChI is InChI=1S/C17H28N2O2/c1-5-19(15-11-8-7-9-12-15)14-10-13-17(3,18-4)16(20)21-6-2/h7-9,11-12,18H,5-6,10,13-14H2,1-4H3. The van der Waals surface area contributed by atoms with Crippen molar-refractivity contribution in [3.05, 3.63) is 30.3 Å². The third kappa shape index (κ3) is 5.05. The number of hydrogen-bond acceptors (Lipinski definition) is 4. The summed E-state index contributed by atoms with van der Waals surface area (Å²) in [5.74, 6) is -0.171. The molecular weight excluding hydrogens is 264 g/mol. The summed E-state index contributed by atoms with van der Waals surface area (Å²) < 4.78 is 5.15. The number of nitrogens with one attached hydrogen (secondary N) is 1. The fraction of sp³-hybridized carbons (Fsp3) is 0.588. The molecule has 1 rings (SSSR count). The highest BCUT2D eigenvalue weighted by Crippen LogP contribution is 2.18. The summed E-state index contributed by atoms with van der Waals surface area (Å²) in [6, 6.07) is 10.4. The van der Waals surface area contributed by atoms with E-state index in [0.29, 0.717) is 6.61 Å². The van der Waals surface area contributed by atoms with Crippen LogP contribution in [0.2, 0.25) is 0 Å². The first-order valence-electron chi connectivity index (χ1n) is 7.73. The van der Waals surface area contributed by atoms with Crippen LogP contribution < -0.4 is 10.2 Å². The maximum Gasteiger partial charge on any atom is 0.326 e. The van der Waals surface area contributed by atoms with E-state index in [-0.39, 0.29) is 5.97 Å². The summed E-state index contributed by atoms with van der Waals surface area (Å²) in [5.41, 5.74) is 0.619. The highest BCUT2D eigenvalue weighted by molar-refractivity contribution is 5.80. The van der Waals surface area contributed by atoms with Gasteiger partial charge in [0.05, 0.1) is 6.61 Å². The summed E-state index contributed by atoms with van der Waals surface area (Å²) >= 11 is 0. The zero-order valence-electron chi connectivity index (χ0n) is 13.7. The first kappa shape index (κ1) is 17.5. The van der Waals surface area contributed by atoms with Crippen LogP contribution in [0.4, 0.5) is 5.69 Å². The van der Waals surface area contributed by atoms with E-state index in [1.165, 1.54) is 5.69 Å². The van der Waals surface area contributed by atoms with E-state index >= 15 is 0 Å². The van der Waals surface area contributed by atoms with Crippen molar-refractivity contribution in [3.8, 4) is 0 Å². The Hall–Kier alpha value is -1.55. The molecule has 0 heterocycles. The lowest BCUT2D eigenvalue weighted by molar-refractivity contribution is -0.150. The Morgan fingerprint density at radius 3 is 2.48 bits per heavy atom. The number of esters is 1. The van der Waals surface area contributed by atoms with Gasteiger partial charge in [0.25, 0.3) is 0 Å². The molecule has 118 valence electrons. The molecule has 0 aromatic heterocycles. The van der Waals surface area contributed by atoms with Crippen molar-refractivity contribution >= 4 is 11.7 Å². The van der Waals surface area contributed by atoms with Crippen LogP contribution in [0.5, 0.6) is 0 Å². The van der Waals surface area contributed by atoms with Gasteiger partial charge in [0, 0.05) is 18.8 Å². The highest BCUT2D eigenvalue weighted by atomic mass is 16.5. The van der Waals surface area contributed by atoms with Crippen LogP contribution in [0.3, 0.4) is 0 Å². The predicted octanol–water partition coefficient (Wildman–Crippen LogP) is 2.83. The van der Waals surface area contributed by atoms with Crippen LogP contribution in [-0.2, 0) is 9.53 Å². The Morgan fingerprint density at radius 2 is 1.95 bits per heavy atom. The fourth-order valence-corrected chi connectivity index (χ4v) is 2.35. The Bertz CT molecular complexity index is 422. The molecule has 0 bridgehead atoms. The quantitative estimate of drug-likeness (QED) is 0.711. The molecule has 1 N–H and O–H groups in total. The van der Waals surface area contributed by atoms with Crippen LogP contribution in [0.15, 0.2) is 30.3 Å². The molecule has 4 heteroatoms. The van der Waals surface area contributed by atoms with Crippen molar-refractivity contribution in [2.45, 2.75) is 39.2 Å². The van der Waals surface area contributed by atoms with Gasteiger partial charge in [0.1, 0.15) is 5.54 Å². The molecule has 0 fully saturated rings. The molecule has 0 aliphatic carbocycles. The maximum atomic E-state index is 12.0. The van der Waals surface area contributed by atoms with Crippen LogP contribution >= 0.6 is 0 Å². The molecule has 0 radical (unpaired) electrons. The van der Waals surface area contributed by atoms with E-state index in [9.17, 15) is 4.79 Å². The summed E-state index contributed by atoms with van der Waals surface area (Å²) in [6.07, 6.45) is 1.69. The van der Waals surface area contributed by atoms with Gasteiger partial charge in [-0.25, -0.2) is 0 Å². The van der Waals surface area contributed by atoms with E-state index < -0.39 is 5.54 Å². The Morgan fingerprint density at radius 1 is 1.29 bits per heavy atom. The normalized spacial score (nSPS) is 13.5. The molecule has 1 unspecified atom stereocenters. The van der Waals surface area contributed by atoms with E-state index in [4.69, 9.17) is 4.74 Å². The number of hydrogen-bond donors (Lipinski definition) is 1. The molecule has 0 saturated heterocycles. The number of likely N-dealkylation sites (N-methyl/N-ethyl adjacent to an activating group) is 1. The largest absolute Gasteiger partial charge is 0.465 e. The molecule has 1 atom stereocenters. The summed E-state index contributed by atoms with van der Waals surface area (Å²) in [7, 11) is 1.81. The van der Waals surface area contributed by atoms with Gasteiger partial charge in [-0.05, 0) is 52.8 Å². The number of para-hydroxylation sites is 1. The SMILES string of the molecule is CCOC(=O)C(C)(CCCN(CC)c1ccccc1)NC. The van der Waals surface area contributed by atoms with E-state index in [0.717, 1.165) is 25.9 Å². The number of carbonyl (C=O) groups is 1. The third-order valence-corrected chi connectivity index (χ3v) is 3.89. The Labute approximate surface area is 128 Å². The van der Waals surface area contributed by atoms with Crippen molar-refractivity contribution in [2.24, 2.45) is 0 Å². The zero-order chi connectivity index (χ0) is 15.7. The molecule has 0 saturated carbocycles. The second-order valence-electron chi connectivity index (χ2n) is 5.32. The zero-order valence-corrected chi connectivity index (χ0v) is 13.7. The highest BCUT2D eigenvalue weighted by Gasteiger charge is 2.32. The molecule has 0 aliphatic heterocycles. The summed E-state index contributed by atoms with van der Waals surface area (Å²) in [4.78, 5) is 14.3. The van der Waals surface area contributed by atoms with Crippen molar-refractivity contribution < 1.29 is 9.53 Å². The van der Waals surface area contributed by atoms with Crippen molar-refractivity contribution in [1.82, 2.24) is 5.32 Å². The smallest absolute Gasteiger partial charge is 0.326 e. The molecule has 4 nitrogen and oxygen atoms in total. The molecule has 21 heavy (non-hydrogen) atoms. The lowest BCUT2D eigenvalue weighted by Crippen LogP contribution is -2.49. The van der Waals surface area contributed by atoms with E-state index in [1.807, 2.05) is 39.1 Å². The molecular formula is C17H28N2O2. The molecule has 1 aromatic carbocycles. The Balaban J connectivity index is 2.55. The monoisotopic (exact) mass is 292 g/mol. The predicted molar refractivity (Wildman–Crippen MR) is 87.7 cm³/mol. The number of anilines is 1. The Kier molecular flexibility index (Phi) is 7.23. The van der Waals surface area contributed by atoms with Gasteiger partial charge in [0.2, 0.25) is 0 Å². The van der Waals surface area contributed by atoms with E-state index in [1.54, 1.807) is 0 Å². The van der Waals surface area contributed by atoms with Gasteiger partial charge in [-0.1, -0.05) is 18.2 Å². The van der Waals surface area contributed by atoms with Crippen molar-refractivity contribution in [3.63, 3.8) is 0 Å². The summed E-state index contributed by atoms with van der Waals surface area (Å²) in [6.45, 7) is 8.19. The van der Waals surface area contributed by atoms with Crippen LogP contribution in [0.1, 0.15) is 33.6 Å². The molecule has 0 aliphatic rings. The second-order valence-corrected chi connectivity index (χ2v) is 5.32. The van der Waals surface area contributed by atoms with Gasteiger partial charge in [-0.2, -0.15) is 0 Å². The molecule has 1 aromatic rings. The topological polar surface area (TPSA) is 41.6 Å². The lowest BCUT2D eigenvalue weighted by Gasteiger charge is -2.29. The molecule has 0 amide bonds. The minimum absolute atomic E-state index is 0.171. The van der Waals surface area contributed by atoms with Crippen LogP contribution in [0, 0.1) is 0 Å². The minimum atomic E-state index is -0.605. The fourth-order valence-electron chi connectivity index (χ4n) is 2.35. The number of carbonyl (C=O) groups excluding carboxylic acids is 1. The van der Waals surface area contributed by atoms with Crippen molar-refractivity contribution in [2.75, 3.05) is 31.6 Å². The van der Waals surface area contributed by atoms with Gasteiger partial charge >= 0.3 is 5.97 Å². The number of benzene rings is 1. The van der Waals surface area contributed by atoms with Gasteiger partial charge in [-0.15, -0.1) is 0 Å². The van der Waals surface area contributed by atoms with Crippen molar-refractivity contribution in [1.29, 1.82) is 0 Å². The van der Waals surface area contributed by atoms with E-state index in [2.05, 4.69) is 29.3 Å². The number of nitrogens with zero attached hydrogens (tertiary/aromatic N) is 1. The maximum absolute atomic E-state index is 12.0. The lowest BCUT2D eigenvalue weighted by atomic mass is 9.96. The second kappa shape index (κ2) is 8.67. The molecule has 0 spiro atoms. The first-order valence-corrected chi connectivity index (χ1v) is 7.73. The van der Waals surface area contributed by atoms with Crippen LogP contribution in [0.25, 0.3) is 0 Å². The minimum Gasteiger partial charge on any atom is -0.465 e. The van der Waals surface area contributed by atoms with Gasteiger partial charge < -0.3 is 15.0 Å². The number of rotatable bonds is 9. The average Bonchev–Trinajstić information content (AvgIpc) is 2.52. The first-order chi connectivity index (χ1) is 10.1. The third-order valence-electron chi connectivity index (χ3n) is 3.89. The van der Waals surface area contributed by atoms with Gasteiger partial charge in [-0.3, -0.25) is 4.79 Å². The summed E-state index contributed by atoms with van der Waals surface area (Å²) in [5, 5.41) is 3.10. The average molecular weight is 292 g/mol.